The van der Waals surface area contributed by atoms with Gasteiger partial charge in [0.05, 0.1) is 28.7 Å². The number of aromatic nitrogens is 6. The first-order valence-electron chi connectivity index (χ1n) is 14.5. The van der Waals surface area contributed by atoms with Crippen LogP contribution >= 0.6 is 0 Å². The molecule has 0 aliphatic heterocycles. The number of amides is 1. The molecular formula is C33H31F2N7O3S. The van der Waals surface area contributed by atoms with E-state index in [9.17, 15) is 17.6 Å². The quantitative estimate of drug-likeness (QED) is 0.172. The van der Waals surface area contributed by atoms with Crippen LogP contribution in [0.4, 0.5) is 14.5 Å². The minimum absolute atomic E-state index is 0.100. The van der Waals surface area contributed by atoms with E-state index in [0.29, 0.717) is 67.9 Å². The van der Waals surface area contributed by atoms with E-state index in [1.807, 2.05) is 20.8 Å². The van der Waals surface area contributed by atoms with E-state index < -0.39 is 21.5 Å². The second-order valence-electron chi connectivity index (χ2n) is 12.6. The van der Waals surface area contributed by atoms with Gasteiger partial charge in [-0.1, -0.05) is 26.8 Å². The van der Waals surface area contributed by atoms with E-state index in [-0.39, 0.29) is 29.1 Å². The molecule has 6 rings (SSSR count). The summed E-state index contributed by atoms with van der Waals surface area (Å²) in [5, 5.41) is 10.7. The lowest BCUT2D eigenvalue weighted by atomic mass is 9.92. The molecule has 0 radical (unpaired) electrons. The number of H-pyrrole nitrogens is 2. The number of carbonyl (C=O) groups excluding carboxylic acids is 1. The third-order valence-electron chi connectivity index (χ3n) is 7.32. The molecular weight excluding hydrogens is 612 g/mol. The minimum Gasteiger partial charge on any atom is -0.335 e. The topological polar surface area (TPSA) is 146 Å². The molecule has 0 saturated carbocycles. The fourth-order valence-electron chi connectivity index (χ4n) is 5.30. The van der Waals surface area contributed by atoms with Crippen molar-refractivity contribution in [2.45, 2.75) is 33.6 Å². The van der Waals surface area contributed by atoms with Crippen molar-refractivity contribution in [2.75, 3.05) is 17.3 Å². The number of nitrogens with one attached hydrogen (secondary N) is 3. The van der Waals surface area contributed by atoms with Crippen LogP contribution in [0.2, 0.25) is 0 Å². The van der Waals surface area contributed by atoms with Crippen LogP contribution in [-0.2, 0) is 21.1 Å². The lowest BCUT2D eigenvalue weighted by Gasteiger charge is -2.17. The zero-order valence-electron chi connectivity index (χ0n) is 25.6. The molecule has 1 amide bonds. The van der Waals surface area contributed by atoms with Crippen LogP contribution in [0.25, 0.3) is 55.8 Å². The monoisotopic (exact) mass is 643 g/mol. The molecule has 0 atom stereocenters. The number of halogens is 2. The van der Waals surface area contributed by atoms with Gasteiger partial charge in [0.15, 0.2) is 11.5 Å². The van der Waals surface area contributed by atoms with Gasteiger partial charge in [-0.05, 0) is 53.3 Å². The van der Waals surface area contributed by atoms with Crippen molar-refractivity contribution in [2.24, 2.45) is 5.41 Å². The van der Waals surface area contributed by atoms with Gasteiger partial charge < -0.3 is 10.3 Å². The van der Waals surface area contributed by atoms with Gasteiger partial charge in [0.1, 0.15) is 27.2 Å². The van der Waals surface area contributed by atoms with Gasteiger partial charge in [0.2, 0.25) is 5.91 Å². The highest BCUT2D eigenvalue weighted by Crippen LogP contribution is 2.35. The van der Waals surface area contributed by atoms with Crippen LogP contribution in [0.15, 0.2) is 61.1 Å². The zero-order valence-corrected chi connectivity index (χ0v) is 26.4. The summed E-state index contributed by atoms with van der Waals surface area (Å²) in [6.07, 6.45) is 6.21. The molecule has 6 aromatic rings. The first-order chi connectivity index (χ1) is 21.7. The molecule has 0 spiro atoms. The summed E-state index contributed by atoms with van der Waals surface area (Å²) in [6.45, 7) is 5.90. The van der Waals surface area contributed by atoms with Crippen molar-refractivity contribution in [3.05, 3.63) is 78.3 Å². The smallest absolute Gasteiger partial charge is 0.224 e. The first-order valence-corrected chi connectivity index (χ1v) is 16.5. The molecule has 10 nitrogen and oxygen atoms in total. The van der Waals surface area contributed by atoms with Gasteiger partial charge in [-0.15, -0.1) is 0 Å². The van der Waals surface area contributed by atoms with Crippen LogP contribution in [0.5, 0.6) is 0 Å². The standard InChI is InChI=1S/C33H31F2N7O3S/c1-33(2,3)15-28(43)38-22-12-20(16-36-17-22)24-13-25-27(14-26(24)35)41-42-30(25)32-39-29-23(5-7-37-31(29)40-32)19-9-18(10-21(34)11-19)6-8-46(4,44)45/h5,7,9-14,16-17H,6,8,15H2,1-4H3,(H,38,43)(H,41,42)(H,37,39,40). The predicted molar refractivity (Wildman–Crippen MR) is 174 cm³/mol. The molecule has 0 aliphatic carbocycles. The lowest BCUT2D eigenvalue weighted by Crippen LogP contribution is -2.19. The van der Waals surface area contributed by atoms with Crippen molar-refractivity contribution < 1.29 is 22.0 Å². The molecule has 46 heavy (non-hydrogen) atoms. The number of nitrogens with zero attached hydrogens (tertiary/aromatic N) is 4. The Bertz CT molecular complexity index is 2240. The predicted octanol–water partition coefficient (Wildman–Crippen LogP) is 6.47. The van der Waals surface area contributed by atoms with Gasteiger partial charge in [0, 0.05) is 53.2 Å². The average Bonchev–Trinajstić information content (AvgIpc) is 3.57. The van der Waals surface area contributed by atoms with E-state index in [1.165, 1.54) is 30.6 Å². The number of hydrogen-bond acceptors (Lipinski definition) is 7. The largest absolute Gasteiger partial charge is 0.335 e. The number of carbonyl (C=O) groups is 1. The van der Waals surface area contributed by atoms with Gasteiger partial charge in [0.25, 0.3) is 0 Å². The molecule has 236 valence electrons. The number of aromatic amines is 2. The molecule has 0 bridgehead atoms. The maximum Gasteiger partial charge on any atom is 0.224 e. The van der Waals surface area contributed by atoms with Crippen molar-refractivity contribution in [1.29, 1.82) is 0 Å². The summed E-state index contributed by atoms with van der Waals surface area (Å²) in [5.41, 5.74) is 4.40. The summed E-state index contributed by atoms with van der Waals surface area (Å²) in [6, 6.07) is 10.8. The number of benzene rings is 2. The Kier molecular flexibility index (Phi) is 7.88. The number of aryl methyl sites for hydroxylation is 1. The fraction of sp³-hybridized carbons (Fsp3) is 0.242. The molecule has 0 fully saturated rings. The highest BCUT2D eigenvalue weighted by molar-refractivity contribution is 7.90. The van der Waals surface area contributed by atoms with Crippen LogP contribution in [0, 0.1) is 17.0 Å². The summed E-state index contributed by atoms with van der Waals surface area (Å²) in [5.74, 6) is -0.911. The molecule has 4 aromatic heterocycles. The summed E-state index contributed by atoms with van der Waals surface area (Å²) in [7, 11) is -3.23. The molecule has 2 aromatic carbocycles. The third-order valence-corrected chi connectivity index (χ3v) is 8.27. The fourth-order valence-corrected chi connectivity index (χ4v) is 5.91. The molecule has 4 heterocycles. The number of imidazole rings is 1. The van der Waals surface area contributed by atoms with Crippen LogP contribution in [0.3, 0.4) is 0 Å². The van der Waals surface area contributed by atoms with Crippen LogP contribution < -0.4 is 5.32 Å². The molecule has 0 aliphatic rings. The number of sulfone groups is 1. The number of pyridine rings is 2. The Balaban J connectivity index is 1.37. The van der Waals surface area contributed by atoms with E-state index in [4.69, 9.17) is 0 Å². The summed E-state index contributed by atoms with van der Waals surface area (Å²) >= 11 is 0. The Morgan fingerprint density at radius 3 is 2.57 bits per heavy atom. The summed E-state index contributed by atoms with van der Waals surface area (Å²) < 4.78 is 53.4. The Labute approximate surface area is 263 Å². The molecule has 0 unspecified atom stereocenters. The van der Waals surface area contributed by atoms with E-state index in [0.717, 1.165) is 6.26 Å². The maximum atomic E-state index is 15.4. The highest BCUT2D eigenvalue weighted by atomic mass is 32.2. The molecule has 13 heteroatoms. The van der Waals surface area contributed by atoms with Crippen molar-refractivity contribution in [3.63, 3.8) is 0 Å². The average molecular weight is 644 g/mol. The molecule has 0 saturated heterocycles. The van der Waals surface area contributed by atoms with Gasteiger partial charge in [-0.2, -0.15) is 5.10 Å². The van der Waals surface area contributed by atoms with Crippen LogP contribution in [0.1, 0.15) is 32.8 Å². The van der Waals surface area contributed by atoms with Crippen molar-refractivity contribution in [1.82, 2.24) is 30.1 Å². The van der Waals surface area contributed by atoms with Crippen LogP contribution in [-0.4, -0.2) is 56.5 Å². The number of hydrogen-bond donors (Lipinski definition) is 3. The SMILES string of the molecule is CC(C)(C)CC(=O)Nc1cncc(-c2cc3c(-c4nc5nccc(-c6cc(F)cc(CCS(C)(=O)=O)c6)c5[nH]4)n[nH]c3cc2F)c1. The Hall–Kier alpha value is -5.04. The Morgan fingerprint density at radius 1 is 1.00 bits per heavy atom. The van der Waals surface area contributed by atoms with E-state index in [1.54, 1.807) is 30.5 Å². The molecule has 3 N–H and O–H groups in total. The maximum absolute atomic E-state index is 15.4. The van der Waals surface area contributed by atoms with E-state index in [2.05, 4.69) is 35.5 Å². The van der Waals surface area contributed by atoms with Crippen molar-refractivity contribution >= 4 is 43.5 Å². The lowest BCUT2D eigenvalue weighted by molar-refractivity contribution is -0.117. The van der Waals surface area contributed by atoms with Gasteiger partial charge >= 0.3 is 0 Å². The normalized spacial score (nSPS) is 12.2. The number of rotatable bonds is 8. The number of fused-ring (bicyclic) bond motifs is 2. The van der Waals surface area contributed by atoms with Crippen molar-refractivity contribution in [3.8, 4) is 33.8 Å². The number of anilines is 1. The van der Waals surface area contributed by atoms with Gasteiger partial charge in [-0.3, -0.25) is 14.9 Å². The van der Waals surface area contributed by atoms with E-state index >= 15 is 4.39 Å². The Morgan fingerprint density at radius 2 is 1.80 bits per heavy atom. The first kappa shape index (κ1) is 31.0. The second-order valence-corrected chi connectivity index (χ2v) is 14.8. The minimum atomic E-state index is -3.23. The second kappa shape index (κ2) is 11.7. The zero-order chi connectivity index (χ0) is 32.8. The highest BCUT2D eigenvalue weighted by Gasteiger charge is 2.20. The summed E-state index contributed by atoms with van der Waals surface area (Å²) in [4.78, 5) is 29.0. The third kappa shape index (κ3) is 6.79. The van der Waals surface area contributed by atoms with Gasteiger partial charge in [-0.25, -0.2) is 27.2 Å².